The SMILES string of the molecule is CCc1nnc(SCC(=O)O)n1Cc1cccc(C#N)c1. The van der Waals surface area contributed by atoms with Gasteiger partial charge in [-0.1, -0.05) is 30.8 Å². The highest BCUT2D eigenvalue weighted by molar-refractivity contribution is 7.99. The van der Waals surface area contributed by atoms with Crippen LogP contribution in [0.25, 0.3) is 0 Å². The van der Waals surface area contributed by atoms with E-state index in [0.29, 0.717) is 23.7 Å². The molecule has 1 aromatic heterocycles. The average Bonchev–Trinajstić information content (AvgIpc) is 2.87. The Kier molecular flexibility index (Phi) is 4.95. The second-order valence-corrected chi connectivity index (χ2v) is 5.28. The number of aromatic nitrogens is 3. The van der Waals surface area contributed by atoms with Gasteiger partial charge in [0, 0.05) is 6.42 Å². The fourth-order valence-electron chi connectivity index (χ4n) is 1.89. The van der Waals surface area contributed by atoms with Crippen LogP contribution in [0.4, 0.5) is 0 Å². The lowest BCUT2D eigenvalue weighted by Crippen LogP contribution is -2.07. The number of aliphatic carboxylic acids is 1. The van der Waals surface area contributed by atoms with Gasteiger partial charge in [-0.3, -0.25) is 4.79 Å². The number of nitriles is 1. The number of thioether (sulfide) groups is 1. The Balaban J connectivity index is 2.26. The number of rotatable bonds is 6. The molecule has 0 aliphatic heterocycles. The van der Waals surface area contributed by atoms with Crippen molar-refractivity contribution in [1.82, 2.24) is 14.8 Å². The van der Waals surface area contributed by atoms with Crippen LogP contribution in [0.2, 0.25) is 0 Å². The van der Waals surface area contributed by atoms with Crippen LogP contribution in [0.15, 0.2) is 29.4 Å². The summed E-state index contributed by atoms with van der Waals surface area (Å²) in [4.78, 5) is 10.7. The Bertz CT molecular complexity index is 691. The van der Waals surface area contributed by atoms with Crippen LogP contribution in [-0.4, -0.2) is 31.6 Å². The molecule has 0 aliphatic carbocycles. The number of carboxylic acid groups (broad SMARTS) is 1. The van der Waals surface area contributed by atoms with E-state index in [-0.39, 0.29) is 5.75 Å². The van der Waals surface area contributed by atoms with Gasteiger partial charge in [0.2, 0.25) is 0 Å². The van der Waals surface area contributed by atoms with Gasteiger partial charge in [-0.2, -0.15) is 5.26 Å². The first kappa shape index (κ1) is 15.1. The standard InChI is InChI=1S/C14H14N4O2S/c1-2-12-16-17-14(21-9-13(19)20)18(12)8-11-5-3-4-10(6-11)7-15/h3-6H,2,8-9H2,1H3,(H,19,20). The van der Waals surface area contributed by atoms with Gasteiger partial charge in [0.25, 0.3) is 0 Å². The van der Waals surface area contributed by atoms with E-state index in [0.717, 1.165) is 23.1 Å². The molecule has 0 unspecified atom stereocenters. The predicted octanol–water partition coefficient (Wildman–Crippen LogP) is 1.94. The van der Waals surface area contributed by atoms with Crippen LogP contribution in [0.1, 0.15) is 23.9 Å². The largest absolute Gasteiger partial charge is 0.481 e. The maximum Gasteiger partial charge on any atom is 0.313 e. The van der Waals surface area contributed by atoms with E-state index < -0.39 is 5.97 Å². The Morgan fingerprint density at radius 3 is 2.95 bits per heavy atom. The highest BCUT2D eigenvalue weighted by Gasteiger charge is 2.13. The van der Waals surface area contributed by atoms with Gasteiger partial charge in [0.05, 0.1) is 23.9 Å². The van der Waals surface area contributed by atoms with Gasteiger partial charge < -0.3 is 9.67 Å². The fourth-order valence-corrected chi connectivity index (χ4v) is 2.57. The summed E-state index contributed by atoms with van der Waals surface area (Å²) in [5.74, 6) is -0.149. The van der Waals surface area contributed by atoms with Crippen LogP contribution >= 0.6 is 11.8 Å². The molecule has 0 saturated heterocycles. The summed E-state index contributed by atoms with van der Waals surface area (Å²) in [7, 11) is 0. The number of hydrogen-bond donors (Lipinski definition) is 1. The molecule has 0 saturated carbocycles. The van der Waals surface area contributed by atoms with E-state index in [1.807, 2.05) is 29.7 Å². The lowest BCUT2D eigenvalue weighted by molar-refractivity contribution is -0.133. The zero-order chi connectivity index (χ0) is 15.2. The summed E-state index contributed by atoms with van der Waals surface area (Å²) in [5.41, 5.74) is 1.55. The number of carbonyl (C=O) groups is 1. The minimum Gasteiger partial charge on any atom is -0.481 e. The minimum absolute atomic E-state index is 0.0555. The quantitative estimate of drug-likeness (QED) is 0.820. The molecule has 108 valence electrons. The van der Waals surface area contributed by atoms with E-state index in [4.69, 9.17) is 10.4 Å². The molecule has 21 heavy (non-hydrogen) atoms. The third-order valence-corrected chi connectivity index (χ3v) is 3.78. The average molecular weight is 302 g/mol. The van der Waals surface area contributed by atoms with Crippen molar-refractivity contribution in [2.75, 3.05) is 5.75 Å². The first-order valence-corrected chi connectivity index (χ1v) is 7.38. The number of aryl methyl sites for hydroxylation is 1. The Hall–Kier alpha value is -2.33. The zero-order valence-electron chi connectivity index (χ0n) is 11.5. The van der Waals surface area contributed by atoms with Crippen molar-refractivity contribution in [3.8, 4) is 6.07 Å². The van der Waals surface area contributed by atoms with Gasteiger partial charge in [-0.15, -0.1) is 10.2 Å². The van der Waals surface area contributed by atoms with Gasteiger partial charge in [0.1, 0.15) is 5.82 Å². The first-order valence-electron chi connectivity index (χ1n) is 6.39. The smallest absolute Gasteiger partial charge is 0.313 e. The van der Waals surface area contributed by atoms with Gasteiger partial charge in [-0.05, 0) is 17.7 Å². The molecule has 1 heterocycles. The van der Waals surface area contributed by atoms with E-state index in [9.17, 15) is 4.79 Å². The molecule has 7 heteroatoms. The molecule has 0 bridgehead atoms. The molecule has 2 rings (SSSR count). The third-order valence-electron chi connectivity index (χ3n) is 2.83. The predicted molar refractivity (Wildman–Crippen MR) is 78.0 cm³/mol. The first-order chi connectivity index (χ1) is 10.1. The Labute approximate surface area is 126 Å². The summed E-state index contributed by atoms with van der Waals surface area (Å²) < 4.78 is 1.89. The van der Waals surface area contributed by atoms with E-state index >= 15 is 0 Å². The van der Waals surface area contributed by atoms with Crippen molar-refractivity contribution in [3.05, 3.63) is 41.2 Å². The monoisotopic (exact) mass is 302 g/mol. The number of carboxylic acids is 1. The molecule has 0 fully saturated rings. The molecule has 0 amide bonds. The van der Waals surface area contributed by atoms with Crippen LogP contribution in [0.5, 0.6) is 0 Å². The molecule has 0 radical (unpaired) electrons. The van der Waals surface area contributed by atoms with Crippen molar-refractivity contribution < 1.29 is 9.90 Å². The molecule has 2 aromatic rings. The Morgan fingerprint density at radius 1 is 1.48 bits per heavy atom. The number of benzene rings is 1. The zero-order valence-corrected chi connectivity index (χ0v) is 12.3. The highest BCUT2D eigenvalue weighted by atomic mass is 32.2. The summed E-state index contributed by atoms with van der Waals surface area (Å²) in [6, 6.07) is 9.41. The number of hydrogen-bond acceptors (Lipinski definition) is 5. The van der Waals surface area contributed by atoms with Gasteiger partial charge in [0.15, 0.2) is 5.16 Å². The van der Waals surface area contributed by atoms with Crippen LogP contribution < -0.4 is 0 Å². The summed E-state index contributed by atoms with van der Waals surface area (Å²) in [5, 5.41) is 26.4. The summed E-state index contributed by atoms with van der Waals surface area (Å²) >= 11 is 1.15. The maximum atomic E-state index is 10.7. The second-order valence-electron chi connectivity index (χ2n) is 4.33. The van der Waals surface area contributed by atoms with Gasteiger partial charge >= 0.3 is 5.97 Å². The summed E-state index contributed by atoms with van der Waals surface area (Å²) in [6.07, 6.45) is 0.707. The lowest BCUT2D eigenvalue weighted by Gasteiger charge is -2.09. The van der Waals surface area contributed by atoms with Crippen LogP contribution in [0, 0.1) is 11.3 Å². The van der Waals surface area contributed by atoms with Crippen LogP contribution in [-0.2, 0) is 17.8 Å². The molecule has 6 nitrogen and oxygen atoms in total. The molecule has 0 aliphatic rings. The van der Waals surface area contributed by atoms with Crippen molar-refractivity contribution in [2.45, 2.75) is 25.0 Å². The van der Waals surface area contributed by atoms with E-state index in [2.05, 4.69) is 16.3 Å². The minimum atomic E-state index is -0.890. The second kappa shape index (κ2) is 6.90. The van der Waals surface area contributed by atoms with Gasteiger partial charge in [-0.25, -0.2) is 0 Å². The third kappa shape index (κ3) is 3.83. The van der Waals surface area contributed by atoms with Crippen molar-refractivity contribution in [2.24, 2.45) is 0 Å². The molecular formula is C14H14N4O2S. The number of nitrogens with zero attached hydrogens (tertiary/aromatic N) is 4. The van der Waals surface area contributed by atoms with Crippen molar-refractivity contribution in [1.29, 1.82) is 5.26 Å². The molecular weight excluding hydrogens is 288 g/mol. The molecule has 1 N–H and O–H groups in total. The fraction of sp³-hybridized carbons (Fsp3) is 0.286. The van der Waals surface area contributed by atoms with Crippen molar-refractivity contribution in [3.63, 3.8) is 0 Å². The topological polar surface area (TPSA) is 91.8 Å². The highest BCUT2D eigenvalue weighted by Crippen LogP contribution is 2.19. The molecule has 0 atom stereocenters. The van der Waals surface area contributed by atoms with Crippen molar-refractivity contribution >= 4 is 17.7 Å². The van der Waals surface area contributed by atoms with E-state index in [1.54, 1.807) is 6.07 Å². The summed E-state index contributed by atoms with van der Waals surface area (Å²) in [6.45, 7) is 2.49. The molecule has 1 aromatic carbocycles. The maximum absolute atomic E-state index is 10.7. The molecule has 0 spiro atoms. The Morgan fingerprint density at radius 2 is 2.29 bits per heavy atom. The lowest BCUT2D eigenvalue weighted by atomic mass is 10.1. The normalized spacial score (nSPS) is 10.3. The van der Waals surface area contributed by atoms with Crippen LogP contribution in [0.3, 0.4) is 0 Å². The van der Waals surface area contributed by atoms with E-state index in [1.165, 1.54) is 0 Å².